The number of fused-ring (bicyclic) bond motifs is 1. The highest BCUT2D eigenvalue weighted by molar-refractivity contribution is 6.35. The summed E-state index contributed by atoms with van der Waals surface area (Å²) in [6.07, 6.45) is 6.91. The molecule has 1 heterocycles. The number of primary amides is 1. The van der Waals surface area contributed by atoms with Crippen LogP contribution in [0.5, 0.6) is 0 Å². The first-order valence-corrected chi connectivity index (χ1v) is 14.1. The summed E-state index contributed by atoms with van der Waals surface area (Å²) in [7, 11) is 1.58. The van der Waals surface area contributed by atoms with Gasteiger partial charge in [-0.1, -0.05) is 78.9 Å². The van der Waals surface area contributed by atoms with E-state index in [1.807, 2.05) is 30.3 Å². The number of benzene rings is 3. The molecule has 0 saturated heterocycles. The van der Waals surface area contributed by atoms with Crippen LogP contribution in [0.1, 0.15) is 75.6 Å². The van der Waals surface area contributed by atoms with E-state index in [0.717, 1.165) is 41.5 Å². The van der Waals surface area contributed by atoms with Gasteiger partial charge in [-0.2, -0.15) is 0 Å². The second-order valence-corrected chi connectivity index (χ2v) is 10.3. The molecule has 0 bridgehead atoms. The van der Waals surface area contributed by atoms with Gasteiger partial charge >= 0.3 is 0 Å². The molecule has 6 N–H and O–H groups in total. The number of aliphatic hydroxyl groups is 2. The second kappa shape index (κ2) is 18.1. The van der Waals surface area contributed by atoms with Gasteiger partial charge in [-0.3, -0.25) is 14.4 Å². The summed E-state index contributed by atoms with van der Waals surface area (Å²) in [4.78, 5) is 31.7. The number of carbonyl (C=O) groups excluding carboxylic acids is 3. The van der Waals surface area contributed by atoms with E-state index in [1.54, 1.807) is 43.4 Å². The second-order valence-electron chi connectivity index (χ2n) is 9.42. The lowest BCUT2D eigenvalue weighted by Crippen LogP contribution is -2.35. The molecule has 1 unspecified atom stereocenters. The molecule has 8 nitrogen and oxygen atoms in total. The maximum Gasteiger partial charge on any atom is 0.252 e. The molecular weight excluding hydrogens is 565 g/mol. The van der Waals surface area contributed by atoms with Crippen LogP contribution in [0.15, 0.2) is 66.7 Å². The standard InChI is InChI=1S/C15H11Cl2NO.C9H11NO2.C6H12O.CH3NO/c16-10-5-6-12(13(17)8-10)14-7-9-3-1-2-4-11(9)15(19)18-14;1-10-9(12)8-4-2-3-7(5-8)6-11;7-6-4-2-1-3-5-6;2-1-3/h1-6,8,14H,7H2,(H,18,19);2-5,11H,6H2,1H3,(H,10,12);6-7H,1-5H2;1H,(H2,2,3). The number of hydrogen-bond donors (Lipinski definition) is 5. The van der Waals surface area contributed by atoms with Gasteiger partial charge in [-0.05, 0) is 66.3 Å². The molecule has 1 saturated carbocycles. The van der Waals surface area contributed by atoms with Crippen LogP contribution in [0.2, 0.25) is 10.0 Å². The summed E-state index contributed by atoms with van der Waals surface area (Å²) in [6.45, 7) is -0.0369. The number of aliphatic hydroxyl groups excluding tert-OH is 2. The molecule has 220 valence electrons. The van der Waals surface area contributed by atoms with E-state index in [0.29, 0.717) is 15.6 Å². The predicted octanol–water partition coefficient (Wildman–Crippen LogP) is 4.97. The SMILES string of the molecule is CNC(=O)c1cccc(CO)c1.NC=O.O=C1NC(c2ccc(Cl)cc2Cl)Cc2ccccc21.OC1CCCCC1. The Balaban J connectivity index is 0.000000228. The highest BCUT2D eigenvalue weighted by Gasteiger charge is 2.26. The average Bonchev–Trinajstić information content (AvgIpc) is 2.98. The topological polar surface area (TPSA) is 142 Å². The number of nitrogens with one attached hydrogen (secondary N) is 2. The van der Waals surface area contributed by atoms with Crippen LogP contribution >= 0.6 is 23.2 Å². The van der Waals surface area contributed by atoms with Crippen LogP contribution < -0.4 is 16.4 Å². The van der Waals surface area contributed by atoms with Gasteiger partial charge < -0.3 is 26.6 Å². The van der Waals surface area contributed by atoms with Crippen molar-refractivity contribution in [2.24, 2.45) is 5.73 Å². The Morgan fingerprint density at radius 2 is 1.73 bits per heavy atom. The molecule has 3 amide bonds. The fourth-order valence-corrected chi connectivity index (χ4v) is 4.98. The van der Waals surface area contributed by atoms with Crippen molar-refractivity contribution >= 4 is 41.4 Å². The molecule has 5 rings (SSSR count). The number of nitrogens with two attached hydrogens (primary N) is 1. The van der Waals surface area contributed by atoms with Crippen LogP contribution in [0.3, 0.4) is 0 Å². The Morgan fingerprint density at radius 3 is 2.32 bits per heavy atom. The molecule has 1 aliphatic carbocycles. The summed E-state index contributed by atoms with van der Waals surface area (Å²) in [6, 6.07) is 19.8. The molecule has 3 aromatic carbocycles. The summed E-state index contributed by atoms with van der Waals surface area (Å²) in [5, 5.41) is 24.4. The van der Waals surface area contributed by atoms with Gasteiger partial charge in [-0.25, -0.2) is 0 Å². The summed E-state index contributed by atoms with van der Waals surface area (Å²) < 4.78 is 0. The smallest absolute Gasteiger partial charge is 0.252 e. The van der Waals surface area contributed by atoms with E-state index in [-0.39, 0.29) is 37.0 Å². The van der Waals surface area contributed by atoms with Crippen molar-refractivity contribution in [2.75, 3.05) is 7.05 Å². The van der Waals surface area contributed by atoms with E-state index < -0.39 is 0 Å². The van der Waals surface area contributed by atoms with Crippen LogP contribution in [0, 0.1) is 0 Å². The minimum Gasteiger partial charge on any atom is -0.393 e. The Bertz CT molecular complexity index is 1280. The van der Waals surface area contributed by atoms with Crippen LogP contribution in [0.25, 0.3) is 0 Å². The Labute approximate surface area is 250 Å². The summed E-state index contributed by atoms with van der Waals surface area (Å²) in [5.74, 6) is -0.192. The van der Waals surface area contributed by atoms with Gasteiger partial charge in [0.2, 0.25) is 6.41 Å². The summed E-state index contributed by atoms with van der Waals surface area (Å²) >= 11 is 12.1. The quantitative estimate of drug-likeness (QED) is 0.269. The van der Waals surface area contributed by atoms with Crippen molar-refractivity contribution < 1.29 is 24.6 Å². The molecule has 1 atom stereocenters. The van der Waals surface area contributed by atoms with E-state index in [9.17, 15) is 9.59 Å². The fourth-order valence-electron chi connectivity index (χ4n) is 4.43. The monoisotopic (exact) mass is 601 g/mol. The lowest BCUT2D eigenvalue weighted by molar-refractivity contribution is -0.106. The first-order valence-electron chi connectivity index (χ1n) is 13.3. The van der Waals surface area contributed by atoms with Crippen LogP contribution in [-0.4, -0.2) is 41.6 Å². The van der Waals surface area contributed by atoms with Crippen molar-refractivity contribution in [1.82, 2.24) is 10.6 Å². The van der Waals surface area contributed by atoms with E-state index in [2.05, 4.69) is 16.4 Å². The maximum absolute atomic E-state index is 12.1. The molecule has 3 aromatic rings. The third kappa shape index (κ3) is 11.2. The van der Waals surface area contributed by atoms with Gasteiger partial charge in [0.15, 0.2) is 0 Å². The van der Waals surface area contributed by atoms with E-state index >= 15 is 0 Å². The van der Waals surface area contributed by atoms with E-state index in [4.69, 9.17) is 38.2 Å². The summed E-state index contributed by atoms with van der Waals surface area (Å²) in [5.41, 5.74) is 8.17. The zero-order chi connectivity index (χ0) is 30.2. The minimum absolute atomic E-state index is 0.0359. The largest absolute Gasteiger partial charge is 0.393 e. The van der Waals surface area contributed by atoms with Crippen molar-refractivity contribution in [1.29, 1.82) is 0 Å². The molecule has 0 aromatic heterocycles. The molecule has 0 spiro atoms. The molecule has 0 radical (unpaired) electrons. The van der Waals surface area contributed by atoms with Gasteiger partial charge in [-0.15, -0.1) is 0 Å². The first-order chi connectivity index (χ1) is 19.7. The molecule has 10 heteroatoms. The number of halogens is 2. The fraction of sp³-hybridized carbons (Fsp3) is 0.323. The molecule has 41 heavy (non-hydrogen) atoms. The van der Waals surface area contributed by atoms with E-state index in [1.165, 1.54) is 19.3 Å². The molecular formula is C31H37Cl2N3O5. The van der Waals surface area contributed by atoms with Crippen molar-refractivity contribution in [3.63, 3.8) is 0 Å². The Hall–Kier alpha value is -3.43. The third-order valence-corrected chi connectivity index (χ3v) is 7.07. The third-order valence-electron chi connectivity index (χ3n) is 6.50. The first kappa shape index (κ1) is 33.8. The van der Waals surface area contributed by atoms with Crippen LogP contribution in [0.4, 0.5) is 0 Å². The van der Waals surface area contributed by atoms with Gasteiger partial charge in [0.1, 0.15) is 0 Å². The molecule has 1 fully saturated rings. The van der Waals surface area contributed by atoms with Crippen molar-refractivity contribution in [3.05, 3.63) is 105 Å². The Kier molecular flexibility index (Phi) is 14.9. The molecule has 2 aliphatic rings. The van der Waals surface area contributed by atoms with Crippen molar-refractivity contribution in [2.45, 2.75) is 57.3 Å². The zero-order valence-electron chi connectivity index (χ0n) is 23.0. The highest BCUT2D eigenvalue weighted by atomic mass is 35.5. The van der Waals surface area contributed by atoms with Crippen LogP contribution in [-0.2, 0) is 17.8 Å². The minimum atomic E-state index is -0.134. The maximum atomic E-state index is 12.1. The van der Waals surface area contributed by atoms with Gasteiger partial charge in [0.05, 0.1) is 18.8 Å². The predicted molar refractivity (Wildman–Crippen MR) is 162 cm³/mol. The lowest BCUT2D eigenvalue weighted by atomic mass is 9.91. The number of hydrogen-bond acceptors (Lipinski definition) is 5. The average molecular weight is 603 g/mol. The zero-order valence-corrected chi connectivity index (χ0v) is 24.5. The number of carbonyl (C=O) groups is 3. The number of amides is 3. The van der Waals surface area contributed by atoms with Crippen molar-refractivity contribution in [3.8, 4) is 0 Å². The molecule has 1 aliphatic heterocycles. The van der Waals surface area contributed by atoms with Gasteiger partial charge in [0.25, 0.3) is 11.8 Å². The lowest BCUT2D eigenvalue weighted by Gasteiger charge is -2.26. The van der Waals surface area contributed by atoms with Gasteiger partial charge in [0, 0.05) is 28.2 Å². The highest BCUT2D eigenvalue weighted by Crippen LogP contribution is 2.31. The Morgan fingerprint density at radius 1 is 1.05 bits per heavy atom. The normalized spacial score (nSPS) is 15.6. The number of rotatable bonds is 3.